The van der Waals surface area contributed by atoms with Crippen molar-refractivity contribution in [3.05, 3.63) is 64.7 Å². The molecule has 3 rings (SSSR count). The molecule has 23 heavy (non-hydrogen) atoms. The van der Waals surface area contributed by atoms with Crippen LogP contribution in [0, 0.1) is 17.1 Å². The topological polar surface area (TPSA) is 71.9 Å². The molecule has 0 radical (unpaired) electrons. The molecule has 1 aromatic heterocycles. The number of nitriles is 1. The first-order chi connectivity index (χ1) is 11.2. The summed E-state index contributed by atoms with van der Waals surface area (Å²) in [5.41, 5.74) is 1.06. The first-order valence-electron chi connectivity index (χ1n) is 6.56. The second kappa shape index (κ2) is 6.46. The molecule has 0 saturated carbocycles. The van der Waals surface area contributed by atoms with E-state index in [4.69, 9.17) is 26.1 Å². The average Bonchev–Trinajstić information content (AvgIpc) is 3.03. The minimum absolute atomic E-state index is 0.0519. The number of nitrogens with zero attached hydrogens (tertiary/aromatic N) is 3. The highest BCUT2D eigenvalue weighted by atomic mass is 35.5. The van der Waals surface area contributed by atoms with Gasteiger partial charge in [-0.1, -0.05) is 16.8 Å². The molecule has 0 unspecified atom stereocenters. The second-order valence-corrected chi connectivity index (χ2v) is 4.98. The molecule has 0 spiro atoms. The van der Waals surface area contributed by atoms with E-state index in [1.165, 1.54) is 18.2 Å². The van der Waals surface area contributed by atoms with Crippen molar-refractivity contribution in [2.45, 2.75) is 6.61 Å². The number of halogens is 2. The van der Waals surface area contributed by atoms with Crippen molar-refractivity contribution in [1.82, 2.24) is 10.1 Å². The van der Waals surface area contributed by atoms with Gasteiger partial charge in [0.2, 0.25) is 5.82 Å². The van der Waals surface area contributed by atoms with E-state index in [1.54, 1.807) is 24.3 Å². The largest absolute Gasteiger partial charge is 0.484 e. The summed E-state index contributed by atoms with van der Waals surface area (Å²) in [6.45, 7) is 0.0519. The molecule has 0 N–H and O–H groups in total. The first kappa shape index (κ1) is 15.0. The fourth-order valence-corrected chi connectivity index (χ4v) is 2.09. The monoisotopic (exact) mass is 329 g/mol. The number of hydrogen-bond acceptors (Lipinski definition) is 5. The third-order valence-corrected chi connectivity index (χ3v) is 3.27. The summed E-state index contributed by atoms with van der Waals surface area (Å²) in [4.78, 5) is 4.17. The van der Waals surface area contributed by atoms with Gasteiger partial charge in [-0.25, -0.2) is 4.39 Å². The van der Waals surface area contributed by atoms with E-state index >= 15 is 0 Å². The van der Waals surface area contributed by atoms with Crippen LogP contribution in [0.15, 0.2) is 47.0 Å². The van der Waals surface area contributed by atoms with Crippen LogP contribution in [0.4, 0.5) is 4.39 Å². The summed E-state index contributed by atoms with van der Waals surface area (Å²) in [5, 5.41) is 12.9. The van der Waals surface area contributed by atoms with Gasteiger partial charge in [-0.2, -0.15) is 10.2 Å². The van der Waals surface area contributed by atoms with Crippen LogP contribution >= 0.6 is 11.6 Å². The average molecular weight is 330 g/mol. The highest BCUT2D eigenvalue weighted by Crippen LogP contribution is 2.26. The van der Waals surface area contributed by atoms with Crippen molar-refractivity contribution >= 4 is 11.6 Å². The Morgan fingerprint density at radius 2 is 2.00 bits per heavy atom. The summed E-state index contributed by atoms with van der Waals surface area (Å²) < 4.78 is 23.5. The van der Waals surface area contributed by atoms with Gasteiger partial charge in [0, 0.05) is 5.56 Å². The minimum Gasteiger partial charge on any atom is -0.484 e. The summed E-state index contributed by atoms with van der Waals surface area (Å²) in [7, 11) is 0. The van der Waals surface area contributed by atoms with Crippen molar-refractivity contribution < 1.29 is 13.7 Å². The predicted molar refractivity (Wildman–Crippen MR) is 80.2 cm³/mol. The van der Waals surface area contributed by atoms with Gasteiger partial charge < -0.3 is 9.26 Å². The molecular weight excluding hydrogens is 321 g/mol. The molecule has 2 aromatic carbocycles. The first-order valence-corrected chi connectivity index (χ1v) is 6.94. The van der Waals surface area contributed by atoms with Crippen LogP contribution in [0.5, 0.6) is 5.75 Å². The highest BCUT2D eigenvalue weighted by molar-refractivity contribution is 6.32. The Morgan fingerprint density at radius 3 is 2.70 bits per heavy atom. The molecule has 1 heterocycles. The number of aromatic nitrogens is 2. The third kappa shape index (κ3) is 3.47. The lowest BCUT2D eigenvalue weighted by Gasteiger charge is -2.05. The number of hydrogen-bond donors (Lipinski definition) is 0. The maximum absolute atomic E-state index is 12.9. The Hall–Kier alpha value is -2.91. The quantitative estimate of drug-likeness (QED) is 0.724. The van der Waals surface area contributed by atoms with Crippen LogP contribution in [-0.4, -0.2) is 10.1 Å². The third-order valence-electron chi connectivity index (χ3n) is 2.98. The van der Waals surface area contributed by atoms with Gasteiger partial charge in [0.1, 0.15) is 11.6 Å². The van der Waals surface area contributed by atoms with Crippen LogP contribution in [0.3, 0.4) is 0 Å². The van der Waals surface area contributed by atoms with Gasteiger partial charge in [0.05, 0.1) is 16.7 Å². The van der Waals surface area contributed by atoms with E-state index in [1.807, 2.05) is 6.07 Å². The van der Waals surface area contributed by atoms with E-state index in [0.717, 1.165) is 0 Å². The Morgan fingerprint density at radius 1 is 1.22 bits per heavy atom. The van der Waals surface area contributed by atoms with Crippen LogP contribution < -0.4 is 4.74 Å². The van der Waals surface area contributed by atoms with Gasteiger partial charge in [0.25, 0.3) is 5.89 Å². The van der Waals surface area contributed by atoms with Crippen molar-refractivity contribution in [2.75, 3.05) is 0 Å². The molecule has 0 saturated heterocycles. The lowest BCUT2D eigenvalue weighted by atomic mass is 10.2. The molecule has 0 aliphatic heterocycles. The zero-order chi connectivity index (χ0) is 16.2. The van der Waals surface area contributed by atoms with E-state index in [-0.39, 0.29) is 18.3 Å². The van der Waals surface area contributed by atoms with Gasteiger partial charge in [0.15, 0.2) is 6.61 Å². The van der Waals surface area contributed by atoms with Crippen molar-refractivity contribution in [2.24, 2.45) is 0 Å². The summed E-state index contributed by atoms with van der Waals surface area (Å²) in [6, 6.07) is 12.4. The zero-order valence-electron chi connectivity index (χ0n) is 11.7. The molecule has 3 aromatic rings. The maximum atomic E-state index is 12.9. The van der Waals surface area contributed by atoms with Crippen LogP contribution in [0.1, 0.15) is 11.4 Å². The van der Waals surface area contributed by atoms with Crippen LogP contribution in [-0.2, 0) is 6.61 Å². The van der Waals surface area contributed by atoms with Gasteiger partial charge in [-0.15, -0.1) is 0 Å². The lowest BCUT2D eigenvalue weighted by Crippen LogP contribution is -1.98. The Kier molecular flexibility index (Phi) is 4.22. The molecule has 0 amide bonds. The number of rotatable bonds is 4. The molecule has 0 atom stereocenters. The molecule has 5 nitrogen and oxygen atoms in total. The number of ether oxygens (including phenoxy) is 1. The molecule has 0 aliphatic rings. The lowest BCUT2D eigenvalue weighted by molar-refractivity contribution is 0.287. The van der Waals surface area contributed by atoms with Crippen molar-refractivity contribution in [3.8, 4) is 23.3 Å². The number of benzene rings is 2. The highest BCUT2D eigenvalue weighted by Gasteiger charge is 2.10. The summed E-state index contributed by atoms with van der Waals surface area (Å²) in [5.74, 6) is 0.672. The second-order valence-electron chi connectivity index (χ2n) is 4.57. The fraction of sp³-hybridized carbons (Fsp3) is 0.0625. The Labute approximate surface area is 135 Å². The SMILES string of the molecule is N#Cc1ccc(OCc2noc(-c3ccc(F)cc3)n2)c(Cl)c1. The predicted octanol–water partition coefficient (Wildman–Crippen LogP) is 3.98. The Bertz CT molecular complexity index is 872. The summed E-state index contributed by atoms with van der Waals surface area (Å²) >= 11 is 6.01. The molecule has 114 valence electrons. The molecular formula is C16H9ClFN3O2. The van der Waals surface area contributed by atoms with E-state index in [2.05, 4.69) is 10.1 Å². The summed E-state index contributed by atoms with van der Waals surface area (Å²) in [6.07, 6.45) is 0. The van der Waals surface area contributed by atoms with E-state index in [9.17, 15) is 4.39 Å². The molecule has 0 fully saturated rings. The molecule has 7 heteroatoms. The van der Waals surface area contributed by atoms with Crippen LogP contribution in [0.2, 0.25) is 5.02 Å². The maximum Gasteiger partial charge on any atom is 0.258 e. The van der Waals surface area contributed by atoms with Crippen LogP contribution in [0.25, 0.3) is 11.5 Å². The fourth-order valence-electron chi connectivity index (χ4n) is 1.85. The van der Waals surface area contributed by atoms with E-state index < -0.39 is 0 Å². The smallest absolute Gasteiger partial charge is 0.258 e. The van der Waals surface area contributed by atoms with Gasteiger partial charge in [-0.05, 0) is 42.5 Å². The normalized spacial score (nSPS) is 10.3. The van der Waals surface area contributed by atoms with Crippen molar-refractivity contribution in [3.63, 3.8) is 0 Å². The van der Waals surface area contributed by atoms with Crippen molar-refractivity contribution in [1.29, 1.82) is 5.26 Å². The van der Waals surface area contributed by atoms with Gasteiger partial charge in [-0.3, -0.25) is 0 Å². The molecule has 0 bridgehead atoms. The standard InChI is InChI=1S/C16H9ClFN3O2/c17-13-7-10(8-19)1-6-14(13)22-9-15-20-16(23-21-15)11-2-4-12(18)5-3-11/h1-7H,9H2. The Balaban J connectivity index is 1.70. The molecule has 0 aliphatic carbocycles. The van der Waals surface area contributed by atoms with E-state index in [0.29, 0.717) is 27.7 Å². The zero-order valence-corrected chi connectivity index (χ0v) is 12.4. The van der Waals surface area contributed by atoms with Gasteiger partial charge >= 0.3 is 0 Å². The minimum atomic E-state index is -0.340.